The van der Waals surface area contributed by atoms with Crippen LogP contribution < -0.4 is 67.5 Å². The minimum absolute atomic E-state index is 0. The van der Waals surface area contributed by atoms with Crippen molar-refractivity contribution in [1.29, 1.82) is 0 Å². The van der Waals surface area contributed by atoms with Gasteiger partial charge in [-0.1, -0.05) is 61.5 Å². The van der Waals surface area contributed by atoms with E-state index in [2.05, 4.69) is 41.1 Å². The molecule has 0 radical (unpaired) electrons. The van der Waals surface area contributed by atoms with Crippen molar-refractivity contribution in [1.82, 2.24) is 25.2 Å². The predicted octanol–water partition coefficient (Wildman–Crippen LogP) is 3.29. The van der Waals surface area contributed by atoms with E-state index in [1.165, 1.54) is 56.0 Å². The zero-order chi connectivity index (χ0) is 52.8. The van der Waals surface area contributed by atoms with Gasteiger partial charge >= 0.3 is 35.6 Å². The second kappa shape index (κ2) is 27.5. The number of aromatic nitrogens is 3. The average molecular weight is 1060 g/mol. The van der Waals surface area contributed by atoms with E-state index in [-0.39, 0.29) is 84.3 Å². The fourth-order valence-electron chi connectivity index (χ4n) is 9.16. The van der Waals surface area contributed by atoms with Crippen LogP contribution in [0, 0.1) is 23.5 Å². The van der Waals surface area contributed by atoms with E-state index >= 15 is 4.39 Å². The van der Waals surface area contributed by atoms with Crippen LogP contribution in [-0.4, -0.2) is 95.8 Å². The largest absolute Gasteiger partial charge is 1.00 e. The fraction of sp³-hybridized carbons (Fsp3) is 0.415. The molecule has 3 aromatic heterocycles. The molecule has 4 fully saturated rings. The van der Waals surface area contributed by atoms with Crippen LogP contribution in [0.15, 0.2) is 104 Å². The Hall–Kier alpha value is -5.52. The first kappa shape index (κ1) is 58.7. The minimum atomic E-state index is -0.955. The zero-order valence-electron chi connectivity index (χ0n) is 42.2. The Balaban J connectivity index is 0.000000232. The second-order valence-electron chi connectivity index (χ2n) is 19.0. The maximum absolute atomic E-state index is 15.0. The van der Waals surface area contributed by atoms with Crippen molar-refractivity contribution in [3.8, 4) is 0 Å². The smallest absolute Gasteiger partial charge is 0.662 e. The first-order chi connectivity index (χ1) is 35.7. The maximum Gasteiger partial charge on any atom is 1.00 e. The van der Waals surface area contributed by atoms with Crippen LogP contribution in [-0.2, 0) is 39.8 Å². The number of anilines is 3. The van der Waals surface area contributed by atoms with Crippen LogP contribution in [0.4, 0.5) is 30.8 Å². The number of halogens is 3. The van der Waals surface area contributed by atoms with Crippen LogP contribution in [0.2, 0.25) is 5.02 Å². The van der Waals surface area contributed by atoms with E-state index in [4.69, 9.17) is 42.6 Å². The van der Waals surface area contributed by atoms with Gasteiger partial charge < -0.3 is 51.9 Å². The van der Waals surface area contributed by atoms with Crippen LogP contribution in [0.3, 0.4) is 0 Å². The summed E-state index contributed by atoms with van der Waals surface area (Å²) in [6.45, 7) is 0.604. The molecule has 0 bridgehead atoms. The van der Waals surface area contributed by atoms with Crippen molar-refractivity contribution in [2.24, 2.45) is 23.3 Å². The molecule has 4 amide bonds. The number of hydrogen-bond donors (Lipinski definition) is 6. The van der Waals surface area contributed by atoms with E-state index in [1.54, 1.807) is 55.9 Å². The number of urea groups is 1. The normalized spacial score (nSPS) is 20.3. The van der Waals surface area contributed by atoms with Gasteiger partial charge in [-0.2, -0.15) is 0 Å². The van der Waals surface area contributed by atoms with Crippen molar-refractivity contribution in [2.45, 2.75) is 99.6 Å². The summed E-state index contributed by atoms with van der Waals surface area (Å²) in [7, 11) is 3.14. The molecule has 9 rings (SSSR count). The number of nitrogens with one attached hydrogen (secondary N) is 4. The van der Waals surface area contributed by atoms with Crippen molar-refractivity contribution in [3.63, 3.8) is 0 Å². The summed E-state index contributed by atoms with van der Waals surface area (Å²) in [5, 5.41) is 20.1. The van der Waals surface area contributed by atoms with Gasteiger partial charge in [0.15, 0.2) is 0 Å². The van der Waals surface area contributed by atoms with Gasteiger partial charge in [-0.3, -0.25) is 29.7 Å². The summed E-state index contributed by atoms with van der Waals surface area (Å²) < 4.78 is 40.3. The first-order valence-electron chi connectivity index (χ1n) is 24.5. The molecule has 5 aromatic rings. The quantitative estimate of drug-likeness (QED) is 0.0319. The van der Waals surface area contributed by atoms with Gasteiger partial charge in [-0.25, -0.2) is 18.6 Å². The number of benzene rings is 2. The van der Waals surface area contributed by atoms with E-state index < -0.39 is 46.7 Å². The number of methoxy groups -OCH3 is 2. The van der Waals surface area contributed by atoms with Crippen molar-refractivity contribution >= 4 is 53.1 Å². The number of carbonyl (C=O) groups is 4. The molecule has 2 aliphatic carbocycles. The van der Waals surface area contributed by atoms with Crippen molar-refractivity contribution in [3.05, 3.63) is 143 Å². The maximum atomic E-state index is 15.0. The van der Waals surface area contributed by atoms with Gasteiger partial charge in [0.25, 0.3) is 6.47 Å². The van der Waals surface area contributed by atoms with Gasteiger partial charge in [-0.15, -0.1) is 0 Å². The zero-order valence-corrected chi connectivity index (χ0v) is 44.9. The molecule has 394 valence electrons. The molecule has 2 unspecified atom stereocenters. The Morgan fingerprint density at radius 3 is 1.75 bits per heavy atom. The number of ether oxygens (including phenoxy) is 2. The molecule has 75 heavy (non-hydrogen) atoms. The van der Waals surface area contributed by atoms with E-state index in [1.807, 2.05) is 36.4 Å². The van der Waals surface area contributed by atoms with Gasteiger partial charge in [0.05, 0.1) is 57.1 Å². The molecule has 6 atom stereocenters. The number of carbonyl (C=O) groups excluding carboxylic acids is 4. The third-order valence-corrected chi connectivity index (χ3v) is 14.1. The molecular weight excluding hydrogens is 1000 g/mol. The summed E-state index contributed by atoms with van der Waals surface area (Å²) in [6.07, 6.45) is 13.4. The van der Waals surface area contributed by atoms with E-state index in [0.29, 0.717) is 53.9 Å². The van der Waals surface area contributed by atoms with Crippen molar-refractivity contribution in [2.75, 3.05) is 43.3 Å². The number of likely N-dealkylation sites (tertiary alicyclic amines) is 1. The molecule has 2 aromatic carbocycles. The Morgan fingerprint density at radius 1 is 0.773 bits per heavy atom. The van der Waals surface area contributed by atoms with Gasteiger partial charge in [0.1, 0.15) is 23.5 Å². The summed E-state index contributed by atoms with van der Waals surface area (Å²) in [4.78, 5) is 64.9. The molecule has 22 heteroatoms. The summed E-state index contributed by atoms with van der Waals surface area (Å²) in [5.41, 5.74) is 15.0. The number of pyridine rings is 3. The van der Waals surface area contributed by atoms with E-state index in [0.717, 1.165) is 24.1 Å². The standard InChI is InChI=1S/C29H32ClFN6O3.C23H29FN4O2.CH2O3.Na/c1-40-21-15-24(37(17-21)28(39)36-26-10-8-20(30)16-34-26)27(38)35-23-14-19(7-9-22(23)31)29(32,12-11-18-5-6-18)25-4-2-3-13-33-25;1-30-17-13-20(27-14-17)22(29)28-19-12-16(7-8-18(19)24)23(25,10-9-15-5-6-15)21-4-2-3-11-26-21;2-1-4-3;/h2-4,7-10,13-14,16,18,21,24H,5-6,11-12,15,17,32H2,1H3,(H,35,38)(H,34,36,39);2-4,7-8,11-12,15,17,20,27H,5-6,9-10,13-14,25H2,1H3,(H,28,29);1,3H;/q;;;+1/p-1/t21-,24-,29?;17-,20-,23?;;/m11../s1. The topological polar surface area (TPSA) is 261 Å². The summed E-state index contributed by atoms with van der Waals surface area (Å²) >= 11 is 5.88. The Morgan fingerprint density at radius 2 is 1.31 bits per heavy atom. The van der Waals surface area contributed by atoms with Crippen LogP contribution in [0.25, 0.3) is 0 Å². The van der Waals surface area contributed by atoms with Gasteiger partial charge in [0.2, 0.25) is 11.8 Å². The molecule has 5 heterocycles. The molecular formula is C53H62ClF2N10NaO8. The second-order valence-corrected chi connectivity index (χ2v) is 19.4. The molecule has 4 aliphatic rings. The monoisotopic (exact) mass is 1060 g/mol. The molecule has 2 saturated carbocycles. The van der Waals surface area contributed by atoms with Crippen molar-refractivity contribution < 1.29 is 77.1 Å². The summed E-state index contributed by atoms with van der Waals surface area (Å²) in [6, 6.07) is 21.8. The average Bonchev–Trinajstić information content (AvgIpc) is 4.35. The molecule has 18 nitrogen and oxygen atoms in total. The number of rotatable bonds is 18. The first-order valence-corrected chi connectivity index (χ1v) is 24.9. The van der Waals surface area contributed by atoms with Crippen LogP contribution in [0.1, 0.15) is 86.7 Å². The number of amides is 4. The number of nitrogens with two attached hydrogens (primary N) is 2. The Labute approximate surface area is 461 Å². The van der Waals surface area contributed by atoms with Crippen LogP contribution >= 0.6 is 11.6 Å². The Kier molecular flexibility index (Phi) is 21.5. The molecule has 0 spiro atoms. The Bertz CT molecular complexity index is 2680. The van der Waals surface area contributed by atoms with Crippen LogP contribution in [0.5, 0.6) is 0 Å². The SMILES string of the molecule is CO[C@@H]1C[C@H](C(=O)Nc2cc(C(N)(CCC3CC3)c3ccccn3)ccc2F)N(C(=O)Nc2ccc(Cl)cn2)C1.CO[C@H]1CN[C@@H](C(=O)Nc2cc(C(N)(CCC3CC3)c3ccccn3)ccc2F)C1.O=CO[O-].[Na+]. The molecule has 2 aliphatic heterocycles. The third kappa shape index (κ3) is 15.8. The predicted molar refractivity (Wildman–Crippen MR) is 271 cm³/mol. The molecule has 2 saturated heterocycles. The third-order valence-electron chi connectivity index (χ3n) is 13.9. The fourth-order valence-corrected chi connectivity index (χ4v) is 9.27. The number of nitrogens with zero attached hydrogens (tertiary/aromatic N) is 4. The van der Waals surface area contributed by atoms with E-state index in [9.17, 15) is 18.8 Å². The van der Waals surface area contributed by atoms with Gasteiger partial charge in [0, 0.05) is 52.3 Å². The minimum Gasteiger partial charge on any atom is -0.662 e. The number of hydrogen-bond acceptors (Lipinski definition) is 14. The van der Waals surface area contributed by atoms with Gasteiger partial charge in [-0.05, 0) is 116 Å². The summed E-state index contributed by atoms with van der Waals surface area (Å²) in [5.74, 6) is -0.268. The molecule has 8 N–H and O–H groups in total.